The number of rotatable bonds is 8. The molecule has 1 aromatic carbocycles. The van der Waals surface area contributed by atoms with Crippen molar-refractivity contribution in [1.82, 2.24) is 20.4 Å². The number of guanidine groups is 1. The Morgan fingerprint density at radius 3 is 2.50 bits per heavy atom. The van der Waals surface area contributed by atoms with Crippen LogP contribution in [0.4, 0.5) is 5.69 Å². The van der Waals surface area contributed by atoms with Gasteiger partial charge in [0.05, 0.1) is 6.04 Å². The van der Waals surface area contributed by atoms with Crippen molar-refractivity contribution in [2.45, 2.75) is 38.6 Å². The van der Waals surface area contributed by atoms with E-state index >= 15 is 0 Å². The second-order valence-corrected chi connectivity index (χ2v) is 8.51. The van der Waals surface area contributed by atoms with Crippen molar-refractivity contribution in [3.8, 4) is 0 Å². The fourth-order valence-corrected chi connectivity index (χ4v) is 4.19. The van der Waals surface area contributed by atoms with Gasteiger partial charge in [0.1, 0.15) is 0 Å². The Hall–Kier alpha value is -1.06. The van der Waals surface area contributed by atoms with Crippen LogP contribution in [0.3, 0.4) is 0 Å². The van der Waals surface area contributed by atoms with Crippen LogP contribution >= 0.6 is 24.0 Å². The third-order valence-corrected chi connectivity index (χ3v) is 6.21. The molecule has 0 aromatic heterocycles. The molecule has 0 spiro atoms. The summed E-state index contributed by atoms with van der Waals surface area (Å²) in [6.45, 7) is 11.6. The van der Waals surface area contributed by atoms with Gasteiger partial charge in [-0.25, -0.2) is 0 Å². The van der Waals surface area contributed by atoms with Crippen molar-refractivity contribution in [2.24, 2.45) is 4.99 Å². The van der Waals surface area contributed by atoms with Crippen molar-refractivity contribution in [3.05, 3.63) is 29.8 Å². The van der Waals surface area contributed by atoms with E-state index in [-0.39, 0.29) is 30.0 Å². The van der Waals surface area contributed by atoms with Crippen LogP contribution in [0.5, 0.6) is 0 Å². The Morgan fingerprint density at radius 2 is 1.80 bits per heavy atom. The van der Waals surface area contributed by atoms with E-state index in [0.717, 1.165) is 12.5 Å². The molecule has 6 nitrogen and oxygen atoms in total. The van der Waals surface area contributed by atoms with Crippen LogP contribution < -0.4 is 15.5 Å². The maximum atomic E-state index is 4.42. The first-order chi connectivity index (χ1) is 14.2. The first-order valence-electron chi connectivity index (χ1n) is 11.4. The first kappa shape index (κ1) is 25.2. The molecule has 1 aromatic rings. The quantitative estimate of drug-likeness (QED) is 0.235. The van der Waals surface area contributed by atoms with Crippen molar-refractivity contribution in [3.63, 3.8) is 0 Å². The summed E-state index contributed by atoms with van der Waals surface area (Å²) in [7, 11) is 4.07. The second-order valence-electron chi connectivity index (χ2n) is 8.51. The van der Waals surface area contributed by atoms with E-state index < -0.39 is 0 Å². The second kappa shape index (κ2) is 13.4. The number of piperazine rings is 1. The summed E-state index contributed by atoms with van der Waals surface area (Å²) in [4.78, 5) is 11.9. The summed E-state index contributed by atoms with van der Waals surface area (Å²) in [5.41, 5.74) is 2.66. The predicted octanol–water partition coefficient (Wildman–Crippen LogP) is 3.16. The SMILES string of the molecule is CN=C(NCCCCN1CCN(C)CC1)NC(C)c1cccc(N2CCCC2)c1.I. The first-order valence-corrected chi connectivity index (χ1v) is 11.4. The van der Waals surface area contributed by atoms with Crippen LogP contribution in [0.15, 0.2) is 29.3 Å². The number of anilines is 1. The normalized spacial score (nSPS) is 19.4. The molecule has 2 heterocycles. The molecule has 0 bridgehead atoms. The van der Waals surface area contributed by atoms with Gasteiger partial charge in [0.2, 0.25) is 0 Å². The van der Waals surface area contributed by atoms with Crippen LogP contribution in [0.25, 0.3) is 0 Å². The number of unbranched alkanes of at least 4 members (excludes halogenated alkanes) is 1. The van der Waals surface area contributed by atoms with Crippen LogP contribution in [-0.4, -0.2) is 82.2 Å². The molecule has 7 heteroatoms. The van der Waals surface area contributed by atoms with Crippen molar-refractivity contribution < 1.29 is 0 Å². The highest BCUT2D eigenvalue weighted by Crippen LogP contribution is 2.23. The average Bonchev–Trinajstić information content (AvgIpc) is 3.29. The smallest absolute Gasteiger partial charge is 0.191 e. The molecule has 0 aliphatic carbocycles. The van der Waals surface area contributed by atoms with Crippen molar-refractivity contribution in [2.75, 3.05) is 71.4 Å². The van der Waals surface area contributed by atoms with E-state index in [0.29, 0.717) is 0 Å². The molecule has 2 aliphatic rings. The van der Waals surface area contributed by atoms with Crippen molar-refractivity contribution >= 4 is 35.6 Å². The summed E-state index contributed by atoms with van der Waals surface area (Å²) in [5, 5.41) is 7.04. The molecule has 0 amide bonds. The van der Waals surface area contributed by atoms with Crippen LogP contribution in [0, 0.1) is 0 Å². The minimum absolute atomic E-state index is 0. The van der Waals surface area contributed by atoms with Crippen LogP contribution in [0.2, 0.25) is 0 Å². The number of hydrogen-bond donors (Lipinski definition) is 2. The minimum Gasteiger partial charge on any atom is -0.372 e. The third kappa shape index (κ3) is 7.89. The summed E-state index contributed by atoms with van der Waals surface area (Å²) >= 11 is 0. The number of nitrogens with one attached hydrogen (secondary N) is 2. The molecule has 2 aliphatic heterocycles. The Morgan fingerprint density at radius 1 is 1.07 bits per heavy atom. The lowest BCUT2D eigenvalue weighted by Crippen LogP contribution is -2.44. The zero-order valence-electron chi connectivity index (χ0n) is 19.1. The lowest BCUT2D eigenvalue weighted by atomic mass is 10.1. The fourth-order valence-electron chi connectivity index (χ4n) is 4.19. The van der Waals surface area contributed by atoms with E-state index in [2.05, 4.69) is 68.6 Å². The van der Waals surface area contributed by atoms with E-state index in [4.69, 9.17) is 0 Å². The Balaban J connectivity index is 0.00000320. The molecule has 2 N–H and O–H groups in total. The molecule has 1 atom stereocenters. The Kier molecular flexibility index (Phi) is 11.2. The van der Waals surface area contributed by atoms with Gasteiger partial charge in [0, 0.05) is 58.5 Å². The highest BCUT2D eigenvalue weighted by atomic mass is 127. The average molecular weight is 529 g/mol. The van der Waals surface area contributed by atoms with E-state index in [1.807, 2.05) is 7.05 Å². The topological polar surface area (TPSA) is 46.1 Å². The van der Waals surface area contributed by atoms with Gasteiger partial charge in [-0.15, -0.1) is 24.0 Å². The van der Waals surface area contributed by atoms with Crippen LogP contribution in [-0.2, 0) is 0 Å². The van der Waals surface area contributed by atoms with E-state index in [1.54, 1.807) is 0 Å². The molecule has 1 unspecified atom stereocenters. The van der Waals surface area contributed by atoms with Gasteiger partial charge in [-0.3, -0.25) is 4.99 Å². The van der Waals surface area contributed by atoms with Gasteiger partial charge in [-0.2, -0.15) is 0 Å². The maximum Gasteiger partial charge on any atom is 0.191 e. The third-order valence-electron chi connectivity index (χ3n) is 6.21. The molecular weight excluding hydrogens is 487 g/mol. The van der Waals surface area contributed by atoms with Gasteiger partial charge < -0.3 is 25.3 Å². The van der Waals surface area contributed by atoms with Crippen molar-refractivity contribution in [1.29, 1.82) is 0 Å². The molecule has 2 fully saturated rings. The zero-order valence-corrected chi connectivity index (χ0v) is 21.4. The molecular formula is C23H41IN6. The molecule has 30 heavy (non-hydrogen) atoms. The Bertz CT molecular complexity index is 638. The molecule has 0 radical (unpaired) electrons. The maximum absolute atomic E-state index is 4.42. The Labute approximate surface area is 200 Å². The predicted molar refractivity (Wildman–Crippen MR) is 139 cm³/mol. The van der Waals surface area contributed by atoms with E-state index in [1.165, 1.54) is 82.7 Å². The van der Waals surface area contributed by atoms with Gasteiger partial charge in [0.25, 0.3) is 0 Å². The van der Waals surface area contributed by atoms with Gasteiger partial charge in [-0.1, -0.05) is 12.1 Å². The van der Waals surface area contributed by atoms with Crippen LogP contribution in [0.1, 0.15) is 44.2 Å². The fraction of sp³-hybridized carbons (Fsp3) is 0.696. The molecule has 3 rings (SSSR count). The number of aliphatic imine (C=N–C) groups is 1. The van der Waals surface area contributed by atoms with Gasteiger partial charge in [-0.05, 0) is 63.9 Å². The van der Waals surface area contributed by atoms with Gasteiger partial charge in [0.15, 0.2) is 5.96 Å². The standard InChI is InChI=1S/C23H40N6.HI/c1-20(21-9-8-10-22(19-21)29-13-6-7-14-29)26-23(24-2)25-11-4-5-12-28-17-15-27(3)16-18-28;/h8-10,19-20H,4-7,11-18H2,1-3H3,(H2,24,25,26);1H. The lowest BCUT2D eigenvalue weighted by Gasteiger charge is -2.32. The zero-order chi connectivity index (χ0) is 20.5. The minimum atomic E-state index is 0. The number of halogens is 1. The highest BCUT2D eigenvalue weighted by Gasteiger charge is 2.15. The lowest BCUT2D eigenvalue weighted by molar-refractivity contribution is 0.152. The van der Waals surface area contributed by atoms with E-state index in [9.17, 15) is 0 Å². The monoisotopic (exact) mass is 528 g/mol. The summed E-state index contributed by atoms with van der Waals surface area (Å²) in [6, 6.07) is 9.17. The summed E-state index contributed by atoms with van der Waals surface area (Å²) in [5.74, 6) is 0.892. The summed E-state index contributed by atoms with van der Waals surface area (Å²) < 4.78 is 0. The molecule has 0 saturated carbocycles. The number of likely N-dealkylation sites (N-methyl/N-ethyl adjacent to an activating group) is 1. The number of nitrogens with zero attached hydrogens (tertiary/aromatic N) is 4. The highest BCUT2D eigenvalue weighted by molar-refractivity contribution is 14.0. The van der Waals surface area contributed by atoms with Gasteiger partial charge >= 0.3 is 0 Å². The number of benzene rings is 1. The molecule has 170 valence electrons. The number of hydrogen-bond acceptors (Lipinski definition) is 4. The molecule has 2 saturated heterocycles. The largest absolute Gasteiger partial charge is 0.372 e. The summed E-state index contributed by atoms with van der Waals surface area (Å²) in [6.07, 6.45) is 5.03.